The summed E-state index contributed by atoms with van der Waals surface area (Å²) in [6, 6.07) is 0.226. The third kappa shape index (κ3) is 8.18. The van der Waals surface area contributed by atoms with Crippen LogP contribution in [0, 0.1) is 11.3 Å². The molecule has 0 N–H and O–H groups in total. The van der Waals surface area contributed by atoms with E-state index in [2.05, 4.69) is 49.3 Å². The zero-order chi connectivity index (χ0) is 30.5. The van der Waals surface area contributed by atoms with Gasteiger partial charge in [0.1, 0.15) is 17.0 Å². The average Bonchev–Trinajstić information content (AvgIpc) is 3.05. The Bertz CT molecular complexity index is 978. The number of amidine groups is 1. The van der Waals surface area contributed by atoms with Crippen molar-refractivity contribution in [2.24, 2.45) is 21.3 Å². The van der Waals surface area contributed by atoms with Crippen molar-refractivity contribution in [1.82, 2.24) is 14.7 Å². The van der Waals surface area contributed by atoms with E-state index < -0.39 is 23.4 Å². The molecule has 2 rings (SSSR count). The van der Waals surface area contributed by atoms with Crippen LogP contribution in [-0.2, 0) is 9.47 Å². The summed E-state index contributed by atoms with van der Waals surface area (Å²) in [6.07, 6.45) is 9.77. The van der Waals surface area contributed by atoms with Crippen molar-refractivity contribution in [2.75, 3.05) is 34.2 Å². The number of imide groups is 1. The number of hydrogen-bond acceptors (Lipinski definition) is 7. The van der Waals surface area contributed by atoms with Gasteiger partial charge in [0.15, 0.2) is 0 Å². The van der Waals surface area contributed by atoms with Crippen LogP contribution in [0.2, 0.25) is 0 Å². The molecule has 2 aliphatic rings. The molecule has 1 heterocycles. The fourth-order valence-corrected chi connectivity index (χ4v) is 5.68. The van der Waals surface area contributed by atoms with E-state index in [1.165, 1.54) is 0 Å². The molecular formula is C31H53N5O4. The summed E-state index contributed by atoms with van der Waals surface area (Å²) < 4.78 is 11.0. The summed E-state index contributed by atoms with van der Waals surface area (Å²) >= 11 is 0. The van der Waals surface area contributed by atoms with E-state index in [0.29, 0.717) is 12.3 Å². The molecule has 1 fully saturated rings. The monoisotopic (exact) mass is 559 g/mol. The SMILES string of the molecule is C=C/C=C\C(=NC)N1C=N[C@@H]2[C@](C)(CCC(CCCN(C(=O)OC(C)(C)C)C(=O)OC(C)(C)C)CN(C)C)[C@@]21C. The van der Waals surface area contributed by atoms with Crippen LogP contribution in [0.5, 0.6) is 0 Å². The molecule has 0 radical (unpaired) electrons. The van der Waals surface area contributed by atoms with Gasteiger partial charge in [-0.2, -0.15) is 0 Å². The Morgan fingerprint density at radius 1 is 1.10 bits per heavy atom. The maximum atomic E-state index is 12.9. The number of fused-ring (bicyclic) bond motifs is 1. The van der Waals surface area contributed by atoms with E-state index in [4.69, 9.17) is 14.5 Å². The van der Waals surface area contributed by atoms with Crippen LogP contribution >= 0.6 is 0 Å². The van der Waals surface area contributed by atoms with Gasteiger partial charge in [0.05, 0.1) is 17.9 Å². The summed E-state index contributed by atoms with van der Waals surface area (Å²) in [6.45, 7) is 20.3. The number of hydrogen-bond donors (Lipinski definition) is 0. The van der Waals surface area contributed by atoms with Crippen LogP contribution in [0.25, 0.3) is 0 Å². The van der Waals surface area contributed by atoms with Gasteiger partial charge in [0.25, 0.3) is 0 Å². The zero-order valence-corrected chi connectivity index (χ0v) is 26.8. The summed E-state index contributed by atoms with van der Waals surface area (Å²) in [7, 11) is 5.97. The Kier molecular flexibility index (Phi) is 10.8. The van der Waals surface area contributed by atoms with E-state index in [1.54, 1.807) is 54.7 Å². The predicted molar refractivity (Wildman–Crippen MR) is 163 cm³/mol. The topological polar surface area (TPSA) is 87.0 Å². The van der Waals surface area contributed by atoms with Gasteiger partial charge in [-0.1, -0.05) is 25.7 Å². The minimum Gasteiger partial charge on any atom is -0.443 e. The summed E-state index contributed by atoms with van der Waals surface area (Å²) in [5.41, 5.74) is -1.50. The zero-order valence-electron chi connectivity index (χ0n) is 26.8. The summed E-state index contributed by atoms with van der Waals surface area (Å²) in [5.74, 6) is 1.28. The third-order valence-corrected chi connectivity index (χ3v) is 7.81. The lowest BCUT2D eigenvalue weighted by molar-refractivity contribution is 0.000921. The molecule has 1 saturated carbocycles. The molecule has 9 heteroatoms. The maximum absolute atomic E-state index is 12.9. The number of carbonyl (C=O) groups excluding carboxylic acids is 2. The van der Waals surface area contributed by atoms with E-state index in [9.17, 15) is 9.59 Å². The van der Waals surface area contributed by atoms with Gasteiger partial charge in [0, 0.05) is 25.6 Å². The number of carbonyl (C=O) groups is 2. The lowest BCUT2D eigenvalue weighted by atomic mass is 9.88. The minimum atomic E-state index is -0.709. The second kappa shape index (κ2) is 12.9. The van der Waals surface area contributed by atoms with Crippen molar-refractivity contribution >= 4 is 24.4 Å². The Balaban J connectivity index is 2.08. The first kappa shape index (κ1) is 33.5. The fourth-order valence-electron chi connectivity index (χ4n) is 5.68. The van der Waals surface area contributed by atoms with Crippen LogP contribution in [0.3, 0.4) is 0 Å². The molecule has 0 bridgehead atoms. The standard InChI is InChI=1S/C31H53N5O4/c1-13-14-17-24(32-10)36-22-33-25-30(8,31(25,36)9)19-18-23(21-34(11)12)16-15-20-35(26(37)39-28(2,3)4)27(38)40-29(5,6)7/h13-14,17,22-23,25H,1,15-16,18-21H2,2-12H3/b17-14-,32-24?/t23?,25-,30+,31-/m1/s1. The number of nitrogens with zero attached hydrogens (tertiary/aromatic N) is 5. The lowest BCUT2D eigenvalue weighted by Crippen LogP contribution is -2.44. The molecule has 0 saturated heterocycles. The van der Waals surface area contributed by atoms with E-state index >= 15 is 0 Å². The molecule has 0 spiro atoms. The first-order chi connectivity index (χ1) is 18.4. The van der Waals surface area contributed by atoms with Crippen molar-refractivity contribution in [3.63, 3.8) is 0 Å². The van der Waals surface area contributed by atoms with Crippen LogP contribution < -0.4 is 0 Å². The average molecular weight is 560 g/mol. The smallest absolute Gasteiger partial charge is 0.419 e. The molecule has 9 nitrogen and oxygen atoms in total. The lowest BCUT2D eigenvalue weighted by Gasteiger charge is -2.31. The maximum Gasteiger partial charge on any atom is 0.419 e. The first-order valence-corrected chi connectivity index (χ1v) is 14.4. The molecular weight excluding hydrogens is 506 g/mol. The molecule has 1 unspecified atom stereocenters. The highest BCUT2D eigenvalue weighted by molar-refractivity contribution is 6.02. The normalized spacial score (nSPS) is 25.2. The minimum absolute atomic E-state index is 0.0311. The molecule has 2 amide bonds. The van der Waals surface area contributed by atoms with Gasteiger partial charge in [0.2, 0.25) is 0 Å². The van der Waals surface area contributed by atoms with Crippen molar-refractivity contribution < 1.29 is 19.1 Å². The van der Waals surface area contributed by atoms with Gasteiger partial charge < -0.3 is 19.3 Å². The predicted octanol–water partition coefficient (Wildman–Crippen LogP) is 6.16. The Hall–Kier alpha value is -2.68. The second-order valence-electron chi connectivity index (χ2n) is 13.7. The van der Waals surface area contributed by atoms with Gasteiger partial charge in [-0.15, -0.1) is 0 Å². The van der Waals surface area contributed by atoms with E-state index in [0.717, 1.165) is 36.5 Å². The van der Waals surface area contributed by atoms with Gasteiger partial charge in [-0.25, -0.2) is 14.5 Å². The molecule has 1 aliphatic carbocycles. The molecule has 4 atom stereocenters. The highest BCUT2D eigenvalue weighted by Crippen LogP contribution is 2.66. The molecule has 1 aliphatic heterocycles. The fraction of sp³-hybridized carbons (Fsp3) is 0.742. The van der Waals surface area contributed by atoms with Crippen molar-refractivity contribution in [3.05, 3.63) is 24.8 Å². The van der Waals surface area contributed by atoms with E-state index in [-0.39, 0.29) is 23.5 Å². The molecule has 0 aromatic carbocycles. The van der Waals surface area contributed by atoms with Crippen LogP contribution in [0.15, 0.2) is 34.8 Å². The van der Waals surface area contributed by atoms with Gasteiger partial charge >= 0.3 is 12.2 Å². The quantitative estimate of drug-likeness (QED) is 0.171. The summed E-state index contributed by atoms with van der Waals surface area (Å²) in [5, 5.41) is 0. The second-order valence-corrected chi connectivity index (χ2v) is 13.7. The molecule has 40 heavy (non-hydrogen) atoms. The number of allylic oxidation sites excluding steroid dienone is 2. The van der Waals surface area contributed by atoms with Crippen LogP contribution in [0.1, 0.15) is 81.1 Å². The highest BCUT2D eigenvalue weighted by Gasteiger charge is 2.76. The Morgan fingerprint density at radius 2 is 1.68 bits per heavy atom. The first-order valence-electron chi connectivity index (χ1n) is 14.4. The molecule has 0 aromatic rings. The van der Waals surface area contributed by atoms with Crippen molar-refractivity contribution in [1.29, 1.82) is 0 Å². The van der Waals surface area contributed by atoms with Crippen LogP contribution in [-0.4, -0.2) is 96.1 Å². The number of rotatable bonds is 11. The third-order valence-electron chi connectivity index (χ3n) is 7.81. The molecule has 226 valence electrons. The number of ether oxygens (including phenoxy) is 2. The largest absolute Gasteiger partial charge is 0.443 e. The summed E-state index contributed by atoms with van der Waals surface area (Å²) in [4.78, 5) is 40.6. The van der Waals surface area contributed by atoms with Crippen molar-refractivity contribution in [3.8, 4) is 0 Å². The van der Waals surface area contributed by atoms with Gasteiger partial charge in [-0.05, 0) is 100 Å². The Morgan fingerprint density at radius 3 is 2.15 bits per heavy atom. The van der Waals surface area contributed by atoms with E-state index in [1.807, 2.05) is 18.5 Å². The highest BCUT2D eigenvalue weighted by atomic mass is 16.6. The molecule has 0 aromatic heterocycles. The number of aliphatic imine (C=N–C) groups is 2. The van der Waals surface area contributed by atoms with Crippen LogP contribution in [0.4, 0.5) is 9.59 Å². The Labute approximate surface area is 242 Å². The number of amides is 2. The van der Waals surface area contributed by atoms with Crippen molar-refractivity contribution in [2.45, 2.75) is 104 Å². The van der Waals surface area contributed by atoms with Gasteiger partial charge in [-0.3, -0.25) is 9.98 Å².